The van der Waals surface area contributed by atoms with Crippen LogP contribution in [0.5, 0.6) is 5.75 Å². The number of hydrogen-bond acceptors (Lipinski definition) is 5. The van der Waals surface area contributed by atoms with Gasteiger partial charge in [0.05, 0.1) is 11.9 Å². The van der Waals surface area contributed by atoms with E-state index in [1.54, 1.807) is 16.7 Å². The Labute approximate surface area is 187 Å². The molecule has 1 saturated heterocycles. The van der Waals surface area contributed by atoms with Gasteiger partial charge in [-0.15, -0.1) is 11.8 Å². The largest absolute Gasteiger partial charge is 0.503 e. The number of aromatic hydroxyl groups is 1. The molecule has 2 N–H and O–H groups in total. The molecule has 10 heteroatoms. The molecule has 0 aliphatic carbocycles. The van der Waals surface area contributed by atoms with Crippen LogP contribution in [0.3, 0.4) is 0 Å². The number of carbonyl (C=O) groups excluding carboxylic acids is 2. The normalized spacial score (nSPS) is 20.2. The Morgan fingerprint density at radius 3 is 2.66 bits per heavy atom. The molecule has 2 aliphatic heterocycles. The summed E-state index contributed by atoms with van der Waals surface area (Å²) in [5.41, 5.74) is -1.59. The molecule has 0 bridgehead atoms. The Bertz CT molecular complexity index is 1170. The molecule has 2 aromatic rings. The fourth-order valence-corrected chi connectivity index (χ4v) is 5.78. The van der Waals surface area contributed by atoms with Crippen LogP contribution in [0.2, 0.25) is 0 Å². The second-order valence-corrected chi connectivity index (χ2v) is 10.2. The van der Waals surface area contributed by atoms with Crippen molar-refractivity contribution in [1.29, 1.82) is 0 Å². The molecule has 170 valence electrons. The molecule has 1 aromatic heterocycles. The molecule has 2 aliphatic rings. The van der Waals surface area contributed by atoms with Gasteiger partial charge >= 0.3 is 0 Å². The second-order valence-electron chi connectivity index (χ2n) is 9.02. The van der Waals surface area contributed by atoms with E-state index in [1.165, 1.54) is 16.8 Å². The third-order valence-corrected chi connectivity index (χ3v) is 7.11. The van der Waals surface area contributed by atoms with E-state index in [2.05, 4.69) is 5.32 Å². The van der Waals surface area contributed by atoms with Crippen molar-refractivity contribution < 1.29 is 23.5 Å². The van der Waals surface area contributed by atoms with Crippen LogP contribution in [-0.4, -0.2) is 43.6 Å². The first-order valence-electron chi connectivity index (χ1n) is 10.1. The number of nitrogens with zero attached hydrogens (tertiary/aromatic N) is 2. The van der Waals surface area contributed by atoms with Crippen molar-refractivity contribution in [3.05, 3.63) is 63.1 Å². The number of aromatic nitrogens is 1. The van der Waals surface area contributed by atoms with E-state index in [-0.39, 0.29) is 40.2 Å². The minimum Gasteiger partial charge on any atom is -0.503 e. The number of hydrogen-bond donors (Lipinski definition) is 2. The zero-order valence-electron chi connectivity index (χ0n) is 17.8. The molecule has 2 amide bonds. The first-order chi connectivity index (χ1) is 15.0. The van der Waals surface area contributed by atoms with Crippen molar-refractivity contribution >= 4 is 23.6 Å². The van der Waals surface area contributed by atoms with Crippen LogP contribution >= 0.6 is 11.8 Å². The summed E-state index contributed by atoms with van der Waals surface area (Å²) in [6, 6.07) is 2.90. The van der Waals surface area contributed by atoms with Gasteiger partial charge in [0, 0.05) is 36.2 Å². The molecule has 4 rings (SSSR count). The second kappa shape index (κ2) is 7.91. The molecular weight excluding hydrogens is 440 g/mol. The summed E-state index contributed by atoms with van der Waals surface area (Å²) < 4.78 is 28.3. The van der Waals surface area contributed by atoms with Gasteiger partial charge < -0.3 is 19.9 Å². The van der Waals surface area contributed by atoms with Gasteiger partial charge in [0.1, 0.15) is 17.2 Å². The van der Waals surface area contributed by atoms with Crippen molar-refractivity contribution in [2.45, 2.75) is 45.3 Å². The van der Waals surface area contributed by atoms with Crippen molar-refractivity contribution in [2.24, 2.45) is 5.41 Å². The first-order valence-corrected chi connectivity index (χ1v) is 11.2. The van der Waals surface area contributed by atoms with Gasteiger partial charge in [-0.25, -0.2) is 8.78 Å². The molecule has 1 fully saturated rings. The lowest BCUT2D eigenvalue weighted by Crippen LogP contribution is -2.52. The highest BCUT2D eigenvalue weighted by Crippen LogP contribution is 2.42. The maximum absolute atomic E-state index is 13.8. The molecule has 1 aromatic carbocycles. The summed E-state index contributed by atoms with van der Waals surface area (Å²) in [5, 5.41) is 12.8. The van der Waals surface area contributed by atoms with Crippen LogP contribution < -0.4 is 10.7 Å². The lowest BCUT2D eigenvalue weighted by Gasteiger charge is -2.40. The highest BCUT2D eigenvalue weighted by Gasteiger charge is 2.47. The number of fused-ring (bicyclic) bond motifs is 2. The predicted octanol–water partition coefficient (Wildman–Crippen LogP) is 2.71. The van der Waals surface area contributed by atoms with Crippen LogP contribution in [0, 0.1) is 17.0 Å². The standard InChI is InChI=1S/C22H23F2N3O4S/c1-22(2,3)15-10-32-16-9-26-8-13(18(28)19(29)17(26)21(31)27(15)16)20(30)25-7-11-4-5-12(23)6-14(11)24/h4-6,8,15-16,29H,7,9-10H2,1-3H3,(H,25,30)/t15-,16?/m0/s1. The van der Waals surface area contributed by atoms with E-state index in [1.807, 2.05) is 20.8 Å². The van der Waals surface area contributed by atoms with Gasteiger partial charge in [-0.3, -0.25) is 14.4 Å². The third-order valence-electron chi connectivity index (χ3n) is 5.84. The van der Waals surface area contributed by atoms with E-state index >= 15 is 0 Å². The summed E-state index contributed by atoms with van der Waals surface area (Å²) >= 11 is 1.61. The number of benzene rings is 1. The Kier molecular flexibility index (Phi) is 5.52. The SMILES string of the molecule is CC(C)(C)[C@@H]1CSC2Cn3cc(C(=O)NCc4ccc(F)cc4F)c(=O)c(O)c3C(=O)N21. The number of carbonyl (C=O) groups is 2. The molecule has 7 nitrogen and oxygen atoms in total. The average molecular weight is 464 g/mol. The van der Waals surface area contributed by atoms with Gasteiger partial charge in [0.2, 0.25) is 5.43 Å². The predicted molar refractivity (Wildman–Crippen MR) is 116 cm³/mol. The molecule has 32 heavy (non-hydrogen) atoms. The smallest absolute Gasteiger partial charge is 0.275 e. The highest BCUT2D eigenvalue weighted by atomic mass is 32.2. The fourth-order valence-electron chi connectivity index (χ4n) is 4.05. The van der Waals surface area contributed by atoms with Crippen molar-refractivity contribution in [1.82, 2.24) is 14.8 Å². The number of halogens is 2. The Balaban J connectivity index is 1.63. The Morgan fingerprint density at radius 2 is 2.00 bits per heavy atom. The molecule has 0 radical (unpaired) electrons. The lowest BCUT2D eigenvalue weighted by molar-refractivity contribution is 0.0483. The molecule has 1 unspecified atom stereocenters. The van der Waals surface area contributed by atoms with E-state index in [0.717, 1.165) is 11.8 Å². The zero-order valence-corrected chi connectivity index (χ0v) is 18.6. The number of nitrogens with one attached hydrogen (secondary N) is 1. The van der Waals surface area contributed by atoms with Crippen molar-refractivity contribution in [3.63, 3.8) is 0 Å². The van der Waals surface area contributed by atoms with Gasteiger partial charge in [0.15, 0.2) is 11.4 Å². The van der Waals surface area contributed by atoms with Crippen LogP contribution in [0.15, 0.2) is 29.2 Å². The van der Waals surface area contributed by atoms with Gasteiger partial charge in [-0.05, 0) is 11.5 Å². The number of rotatable bonds is 3. The molecule has 2 atom stereocenters. The summed E-state index contributed by atoms with van der Waals surface area (Å²) in [6.07, 6.45) is 1.26. The maximum atomic E-state index is 13.8. The maximum Gasteiger partial charge on any atom is 0.275 e. The lowest BCUT2D eigenvalue weighted by atomic mass is 9.86. The van der Waals surface area contributed by atoms with Crippen molar-refractivity contribution in [2.75, 3.05) is 5.75 Å². The Hall–Kier alpha value is -2.88. The minimum absolute atomic E-state index is 0.0448. The van der Waals surface area contributed by atoms with Crippen LogP contribution in [0.4, 0.5) is 8.78 Å². The van der Waals surface area contributed by atoms with Crippen LogP contribution in [-0.2, 0) is 13.1 Å². The van der Waals surface area contributed by atoms with Crippen molar-refractivity contribution in [3.8, 4) is 5.75 Å². The van der Waals surface area contributed by atoms with E-state index in [0.29, 0.717) is 12.6 Å². The van der Waals surface area contributed by atoms with Gasteiger partial charge in [0.25, 0.3) is 11.8 Å². The highest BCUT2D eigenvalue weighted by molar-refractivity contribution is 8.00. The molecule has 0 spiro atoms. The van der Waals surface area contributed by atoms with Gasteiger partial charge in [-0.2, -0.15) is 0 Å². The summed E-state index contributed by atoms with van der Waals surface area (Å²) in [5.74, 6) is -2.89. The fraction of sp³-hybridized carbons (Fsp3) is 0.409. The third kappa shape index (κ3) is 3.76. The van der Waals surface area contributed by atoms with Crippen LogP contribution in [0.25, 0.3) is 0 Å². The number of amides is 2. The molecule has 3 heterocycles. The van der Waals surface area contributed by atoms with E-state index in [4.69, 9.17) is 0 Å². The van der Waals surface area contributed by atoms with E-state index < -0.39 is 34.6 Å². The Morgan fingerprint density at radius 1 is 1.28 bits per heavy atom. The molecule has 0 saturated carbocycles. The van der Waals surface area contributed by atoms with Gasteiger partial charge in [-0.1, -0.05) is 26.8 Å². The summed E-state index contributed by atoms with van der Waals surface area (Å²) in [6.45, 7) is 6.15. The topological polar surface area (TPSA) is 91.6 Å². The monoisotopic (exact) mass is 463 g/mol. The summed E-state index contributed by atoms with van der Waals surface area (Å²) in [4.78, 5) is 40.2. The number of pyridine rings is 1. The zero-order chi connectivity index (χ0) is 23.4. The average Bonchev–Trinajstić information content (AvgIpc) is 3.14. The first kappa shape index (κ1) is 22.3. The molecular formula is C22H23F2N3O4S. The number of thioether (sulfide) groups is 1. The van der Waals surface area contributed by atoms with E-state index in [9.17, 15) is 28.3 Å². The van der Waals surface area contributed by atoms with Crippen LogP contribution in [0.1, 0.15) is 47.2 Å². The quantitative estimate of drug-likeness (QED) is 0.731. The minimum atomic E-state index is -0.973. The summed E-state index contributed by atoms with van der Waals surface area (Å²) in [7, 11) is 0.